The molecule has 29 heavy (non-hydrogen) atoms. The average molecular weight is 388 g/mol. The van der Waals surface area contributed by atoms with E-state index in [-0.39, 0.29) is 12.5 Å². The van der Waals surface area contributed by atoms with Gasteiger partial charge in [-0.2, -0.15) is 0 Å². The molecular formula is C24H24N2O3. The first kappa shape index (κ1) is 19.1. The predicted octanol–water partition coefficient (Wildman–Crippen LogP) is 4.53. The van der Waals surface area contributed by atoms with Crippen LogP contribution in [0.25, 0.3) is 10.9 Å². The summed E-state index contributed by atoms with van der Waals surface area (Å²) in [6, 6.07) is 13.3. The number of amides is 1. The number of pyridine rings is 1. The second kappa shape index (κ2) is 8.03. The number of aromatic nitrogens is 1. The summed E-state index contributed by atoms with van der Waals surface area (Å²) >= 11 is 0. The van der Waals surface area contributed by atoms with Crippen LogP contribution in [0.1, 0.15) is 45.6 Å². The van der Waals surface area contributed by atoms with E-state index in [1.54, 1.807) is 0 Å². The standard InChI is InChI=1S/C24H24N2O3/c1-15-8-7-13-19(16(15)2)26-22(27)14-29-24(28)23-17-9-3-5-11-20(17)25-21-12-6-4-10-18(21)23/h3,5,7-9,11,13H,4,6,10,12,14H2,1-2H3,(H,26,27). The summed E-state index contributed by atoms with van der Waals surface area (Å²) in [5, 5.41) is 3.61. The van der Waals surface area contributed by atoms with Gasteiger partial charge >= 0.3 is 5.97 Å². The topological polar surface area (TPSA) is 68.3 Å². The molecule has 0 saturated carbocycles. The van der Waals surface area contributed by atoms with Crippen molar-refractivity contribution in [2.75, 3.05) is 11.9 Å². The molecular weight excluding hydrogens is 364 g/mol. The highest BCUT2D eigenvalue weighted by atomic mass is 16.5. The lowest BCUT2D eigenvalue weighted by Crippen LogP contribution is -2.23. The van der Waals surface area contributed by atoms with Gasteiger partial charge in [0.05, 0.1) is 11.1 Å². The van der Waals surface area contributed by atoms with Gasteiger partial charge in [-0.1, -0.05) is 30.3 Å². The van der Waals surface area contributed by atoms with E-state index < -0.39 is 5.97 Å². The van der Waals surface area contributed by atoms with Gasteiger partial charge < -0.3 is 10.1 Å². The van der Waals surface area contributed by atoms with Crippen molar-refractivity contribution in [3.05, 3.63) is 70.4 Å². The van der Waals surface area contributed by atoms with Crippen LogP contribution in [-0.2, 0) is 22.4 Å². The molecule has 1 amide bonds. The van der Waals surface area contributed by atoms with Crippen molar-refractivity contribution in [2.45, 2.75) is 39.5 Å². The lowest BCUT2D eigenvalue weighted by atomic mass is 9.90. The Hall–Kier alpha value is -3.21. The van der Waals surface area contributed by atoms with Crippen molar-refractivity contribution < 1.29 is 14.3 Å². The molecule has 1 aliphatic rings. The molecule has 148 valence electrons. The second-order valence-corrected chi connectivity index (χ2v) is 7.51. The van der Waals surface area contributed by atoms with Crippen molar-refractivity contribution >= 4 is 28.5 Å². The van der Waals surface area contributed by atoms with Crippen molar-refractivity contribution in [3.8, 4) is 0 Å². The number of fused-ring (bicyclic) bond motifs is 2. The van der Waals surface area contributed by atoms with Gasteiger partial charge in [-0.05, 0) is 68.4 Å². The summed E-state index contributed by atoms with van der Waals surface area (Å²) in [4.78, 5) is 30.1. The van der Waals surface area contributed by atoms with E-state index in [4.69, 9.17) is 9.72 Å². The molecule has 0 atom stereocenters. The Morgan fingerprint density at radius 3 is 2.69 bits per heavy atom. The Morgan fingerprint density at radius 1 is 1.03 bits per heavy atom. The Kier molecular flexibility index (Phi) is 5.30. The molecule has 1 aliphatic carbocycles. The maximum atomic E-state index is 13.0. The molecule has 5 nitrogen and oxygen atoms in total. The first-order valence-electron chi connectivity index (χ1n) is 9.98. The molecule has 3 aromatic rings. The van der Waals surface area contributed by atoms with Crippen LogP contribution in [0, 0.1) is 13.8 Å². The first-order valence-corrected chi connectivity index (χ1v) is 9.98. The largest absolute Gasteiger partial charge is 0.452 e. The number of anilines is 1. The highest BCUT2D eigenvalue weighted by Gasteiger charge is 2.24. The highest BCUT2D eigenvalue weighted by Crippen LogP contribution is 2.29. The highest BCUT2D eigenvalue weighted by molar-refractivity contribution is 6.06. The molecule has 0 bridgehead atoms. The minimum Gasteiger partial charge on any atom is -0.452 e. The maximum absolute atomic E-state index is 13.0. The van der Waals surface area contributed by atoms with E-state index in [1.807, 2.05) is 56.3 Å². The van der Waals surface area contributed by atoms with Crippen molar-refractivity contribution in [1.29, 1.82) is 0 Å². The van der Waals surface area contributed by atoms with Crippen molar-refractivity contribution in [3.63, 3.8) is 0 Å². The summed E-state index contributed by atoms with van der Waals surface area (Å²) in [6.07, 6.45) is 3.78. The fourth-order valence-electron chi connectivity index (χ4n) is 3.88. The summed E-state index contributed by atoms with van der Waals surface area (Å²) in [6.45, 7) is 3.62. The van der Waals surface area contributed by atoms with E-state index in [9.17, 15) is 9.59 Å². The summed E-state index contributed by atoms with van der Waals surface area (Å²) < 4.78 is 5.43. The number of esters is 1. The normalized spacial score (nSPS) is 13.0. The first-order chi connectivity index (χ1) is 14.0. The van der Waals surface area contributed by atoms with Gasteiger partial charge in [0.2, 0.25) is 0 Å². The van der Waals surface area contributed by atoms with Crippen LogP contribution in [-0.4, -0.2) is 23.5 Å². The van der Waals surface area contributed by atoms with Crippen LogP contribution in [0.2, 0.25) is 0 Å². The van der Waals surface area contributed by atoms with E-state index in [2.05, 4.69) is 5.32 Å². The van der Waals surface area contributed by atoms with Gasteiger partial charge in [-0.25, -0.2) is 4.79 Å². The third-order valence-corrected chi connectivity index (χ3v) is 5.59. The molecule has 1 aromatic heterocycles. The minimum atomic E-state index is -0.460. The van der Waals surface area contributed by atoms with Crippen LogP contribution in [0.5, 0.6) is 0 Å². The molecule has 4 rings (SSSR count). The number of ether oxygens (including phenoxy) is 1. The summed E-state index contributed by atoms with van der Waals surface area (Å²) in [7, 11) is 0. The Bertz CT molecular complexity index is 1100. The van der Waals surface area contributed by atoms with Crippen LogP contribution >= 0.6 is 0 Å². The third-order valence-electron chi connectivity index (χ3n) is 5.59. The van der Waals surface area contributed by atoms with Gasteiger partial charge in [0.1, 0.15) is 0 Å². The van der Waals surface area contributed by atoms with Gasteiger partial charge in [0.15, 0.2) is 6.61 Å². The van der Waals surface area contributed by atoms with Crippen LogP contribution < -0.4 is 5.32 Å². The number of nitrogens with zero attached hydrogens (tertiary/aromatic N) is 1. The minimum absolute atomic E-state index is 0.322. The molecule has 0 saturated heterocycles. The molecule has 0 unspecified atom stereocenters. The molecule has 2 aromatic carbocycles. The zero-order valence-electron chi connectivity index (χ0n) is 16.7. The number of hydrogen-bond acceptors (Lipinski definition) is 4. The third kappa shape index (κ3) is 3.86. The average Bonchev–Trinajstić information content (AvgIpc) is 2.73. The molecule has 0 spiro atoms. The monoisotopic (exact) mass is 388 g/mol. The van der Waals surface area contributed by atoms with Gasteiger partial charge in [-0.3, -0.25) is 9.78 Å². The van der Waals surface area contributed by atoms with Crippen molar-refractivity contribution in [1.82, 2.24) is 4.98 Å². The molecule has 0 radical (unpaired) electrons. The molecule has 1 heterocycles. The number of nitrogens with one attached hydrogen (secondary N) is 1. The van der Waals surface area contributed by atoms with Gasteiger partial charge in [0.25, 0.3) is 5.91 Å². The SMILES string of the molecule is Cc1cccc(NC(=O)COC(=O)c2c3c(nc4ccccc24)CCCC3)c1C. The zero-order chi connectivity index (χ0) is 20.4. The Labute approximate surface area is 170 Å². The van der Waals surface area contributed by atoms with Crippen LogP contribution in [0.15, 0.2) is 42.5 Å². The summed E-state index contributed by atoms with van der Waals surface area (Å²) in [5.41, 5.74) is 6.12. The van der Waals surface area contributed by atoms with Gasteiger partial charge in [-0.15, -0.1) is 0 Å². The summed E-state index contributed by atoms with van der Waals surface area (Å²) in [5.74, 6) is -0.808. The zero-order valence-corrected chi connectivity index (χ0v) is 16.7. The smallest absolute Gasteiger partial charge is 0.339 e. The number of carbonyl (C=O) groups is 2. The van der Waals surface area contributed by atoms with E-state index in [0.29, 0.717) is 5.56 Å². The van der Waals surface area contributed by atoms with E-state index >= 15 is 0 Å². The Balaban J connectivity index is 1.55. The fraction of sp³-hybridized carbons (Fsp3) is 0.292. The number of carbonyl (C=O) groups excluding carboxylic acids is 2. The molecule has 0 aliphatic heterocycles. The van der Waals surface area contributed by atoms with Crippen LogP contribution in [0.4, 0.5) is 5.69 Å². The van der Waals surface area contributed by atoms with E-state index in [0.717, 1.165) is 64.7 Å². The number of aryl methyl sites for hydroxylation is 2. The molecule has 1 N–H and O–H groups in total. The number of benzene rings is 2. The Morgan fingerprint density at radius 2 is 1.83 bits per heavy atom. The van der Waals surface area contributed by atoms with Crippen LogP contribution in [0.3, 0.4) is 0 Å². The molecule has 5 heteroatoms. The predicted molar refractivity (Wildman–Crippen MR) is 113 cm³/mol. The number of para-hydroxylation sites is 1. The number of hydrogen-bond donors (Lipinski definition) is 1. The lowest BCUT2D eigenvalue weighted by molar-refractivity contribution is -0.119. The van der Waals surface area contributed by atoms with Gasteiger partial charge in [0, 0.05) is 16.8 Å². The van der Waals surface area contributed by atoms with E-state index in [1.165, 1.54) is 0 Å². The molecule has 0 fully saturated rings. The maximum Gasteiger partial charge on any atom is 0.339 e. The fourth-order valence-corrected chi connectivity index (χ4v) is 3.88. The second-order valence-electron chi connectivity index (χ2n) is 7.51. The quantitative estimate of drug-likeness (QED) is 0.667. The lowest BCUT2D eigenvalue weighted by Gasteiger charge is -2.20. The van der Waals surface area contributed by atoms with Crippen molar-refractivity contribution in [2.24, 2.45) is 0 Å². The number of rotatable bonds is 4.